The highest BCUT2D eigenvalue weighted by Crippen LogP contribution is 2.32. The van der Waals surface area contributed by atoms with E-state index in [4.69, 9.17) is 4.74 Å². The molecule has 0 aliphatic carbocycles. The van der Waals surface area contributed by atoms with Crippen LogP contribution in [0.25, 0.3) is 16.9 Å². The van der Waals surface area contributed by atoms with Crippen molar-refractivity contribution in [2.75, 3.05) is 50.6 Å². The zero-order valence-electron chi connectivity index (χ0n) is 22.5. The molecular formula is C27H27F3N8O3. The lowest BCUT2D eigenvalue weighted by atomic mass is 10.2. The van der Waals surface area contributed by atoms with E-state index in [1.54, 1.807) is 43.7 Å². The maximum Gasteiger partial charge on any atom is 0.573 e. The number of carbonyl (C=O) groups excluding carboxylic acids is 1. The predicted molar refractivity (Wildman–Crippen MR) is 144 cm³/mol. The number of likely N-dealkylation sites (N-methyl/N-ethyl adjacent to an activating group) is 1. The molecule has 1 fully saturated rings. The van der Waals surface area contributed by atoms with E-state index in [-0.39, 0.29) is 11.3 Å². The quantitative estimate of drug-likeness (QED) is 0.354. The third kappa shape index (κ3) is 6.72. The molecule has 14 heteroatoms. The van der Waals surface area contributed by atoms with Gasteiger partial charge in [-0.1, -0.05) is 5.21 Å². The van der Waals surface area contributed by atoms with Crippen LogP contribution in [-0.2, 0) is 0 Å². The second kappa shape index (κ2) is 11.4. The fourth-order valence-corrected chi connectivity index (χ4v) is 4.36. The molecule has 3 aromatic heterocycles. The first-order chi connectivity index (χ1) is 19.6. The Morgan fingerprint density at radius 2 is 1.78 bits per heavy atom. The van der Waals surface area contributed by atoms with Gasteiger partial charge in [-0.05, 0) is 32.2 Å². The second-order valence-electron chi connectivity index (χ2n) is 9.50. The highest BCUT2D eigenvalue weighted by atomic mass is 19.4. The van der Waals surface area contributed by atoms with Crippen LogP contribution >= 0.6 is 0 Å². The first kappa shape index (κ1) is 27.8. The third-order valence-electron chi connectivity index (χ3n) is 6.56. The number of methoxy groups -OCH3 is 1. The van der Waals surface area contributed by atoms with Gasteiger partial charge in [0, 0.05) is 67.6 Å². The SMILES string of the molecule is COc1cncc(-c2cn(-c3cc(C(=O)Nc4cc(OC(F)(F)F)cc(N5CCN(C)CC5)c4)cnc3C)nn2)c1. The number of nitrogens with one attached hydrogen (secondary N) is 1. The highest BCUT2D eigenvalue weighted by molar-refractivity contribution is 6.04. The molecule has 11 nitrogen and oxygen atoms in total. The molecule has 1 aliphatic heterocycles. The van der Waals surface area contributed by atoms with Crippen molar-refractivity contribution in [3.05, 3.63) is 66.4 Å². The van der Waals surface area contributed by atoms with Gasteiger partial charge in [-0.2, -0.15) is 0 Å². The minimum atomic E-state index is -4.88. The van der Waals surface area contributed by atoms with Crippen LogP contribution in [0.5, 0.6) is 11.5 Å². The van der Waals surface area contributed by atoms with Gasteiger partial charge in [0.2, 0.25) is 0 Å². The van der Waals surface area contributed by atoms with Gasteiger partial charge < -0.3 is 24.6 Å². The summed E-state index contributed by atoms with van der Waals surface area (Å²) in [7, 11) is 3.52. The number of piperazine rings is 1. The van der Waals surface area contributed by atoms with E-state index in [9.17, 15) is 18.0 Å². The Bertz CT molecular complexity index is 1550. The molecule has 1 amide bonds. The Balaban J connectivity index is 1.40. The summed E-state index contributed by atoms with van der Waals surface area (Å²) in [6.07, 6.45) is 1.37. The van der Waals surface area contributed by atoms with E-state index in [1.165, 1.54) is 24.1 Å². The van der Waals surface area contributed by atoms with Gasteiger partial charge in [-0.15, -0.1) is 18.3 Å². The van der Waals surface area contributed by atoms with Crippen molar-refractivity contribution >= 4 is 17.3 Å². The molecule has 0 unspecified atom stereocenters. The number of pyridine rings is 2. The molecule has 1 aromatic carbocycles. The lowest BCUT2D eigenvalue weighted by molar-refractivity contribution is -0.274. The van der Waals surface area contributed by atoms with Gasteiger partial charge in [0.05, 0.1) is 36.4 Å². The summed E-state index contributed by atoms with van der Waals surface area (Å²) in [6, 6.07) is 7.43. The van der Waals surface area contributed by atoms with Crippen LogP contribution in [0.4, 0.5) is 24.5 Å². The molecule has 0 radical (unpaired) electrons. The first-order valence-corrected chi connectivity index (χ1v) is 12.6. The number of aryl methyl sites for hydroxylation is 1. The number of benzene rings is 1. The Morgan fingerprint density at radius 1 is 1.00 bits per heavy atom. The number of ether oxygens (including phenoxy) is 2. The van der Waals surface area contributed by atoms with Gasteiger partial charge in [-0.25, -0.2) is 4.68 Å². The lowest BCUT2D eigenvalue weighted by Crippen LogP contribution is -2.44. The molecule has 214 valence electrons. The number of rotatable bonds is 7. The number of hydrogen-bond acceptors (Lipinski definition) is 9. The molecule has 1 saturated heterocycles. The number of aromatic nitrogens is 5. The van der Waals surface area contributed by atoms with Gasteiger partial charge in [0.25, 0.3) is 5.91 Å². The Hall–Kier alpha value is -4.72. The van der Waals surface area contributed by atoms with Crippen molar-refractivity contribution in [3.8, 4) is 28.4 Å². The van der Waals surface area contributed by atoms with Crippen molar-refractivity contribution in [1.29, 1.82) is 0 Å². The van der Waals surface area contributed by atoms with E-state index in [2.05, 4.69) is 35.2 Å². The number of nitrogens with zero attached hydrogens (tertiary/aromatic N) is 7. The zero-order chi connectivity index (χ0) is 29.1. The normalized spacial score (nSPS) is 14.1. The molecule has 1 N–H and O–H groups in total. The summed E-state index contributed by atoms with van der Waals surface area (Å²) in [5.41, 5.74) is 3.14. The average molecular weight is 569 g/mol. The molecule has 0 spiro atoms. The van der Waals surface area contributed by atoms with Crippen molar-refractivity contribution in [1.82, 2.24) is 29.9 Å². The molecule has 0 saturated carbocycles. The molecule has 0 atom stereocenters. The monoisotopic (exact) mass is 568 g/mol. The molecule has 41 heavy (non-hydrogen) atoms. The summed E-state index contributed by atoms with van der Waals surface area (Å²) in [4.78, 5) is 25.8. The molecule has 5 rings (SSSR count). The van der Waals surface area contributed by atoms with Gasteiger partial charge >= 0.3 is 6.36 Å². The van der Waals surface area contributed by atoms with E-state index < -0.39 is 18.0 Å². The zero-order valence-corrected chi connectivity index (χ0v) is 22.5. The van der Waals surface area contributed by atoms with Gasteiger partial charge in [-0.3, -0.25) is 14.8 Å². The standard InChI is InChI=1S/C27H27F3N8O3/c1-17-25(38-16-24(34-35-38)18-8-23(40-3)15-31-13-18)9-19(14-32-17)26(39)33-20-10-21(37-6-4-36(2)5-7-37)12-22(11-20)41-27(28,29)30/h8-16H,4-7H2,1-3H3,(H,33,39). The van der Waals surface area contributed by atoms with Crippen LogP contribution in [-0.4, -0.2) is 82.5 Å². The minimum absolute atomic E-state index is 0.154. The predicted octanol–water partition coefficient (Wildman–Crippen LogP) is 3.94. The molecule has 1 aliphatic rings. The topological polar surface area (TPSA) is 111 Å². The van der Waals surface area contributed by atoms with Crippen molar-refractivity contribution < 1.29 is 27.4 Å². The maximum absolute atomic E-state index is 13.2. The van der Waals surface area contributed by atoms with E-state index in [0.717, 1.165) is 19.2 Å². The molecule has 4 heterocycles. The fourth-order valence-electron chi connectivity index (χ4n) is 4.36. The smallest absolute Gasteiger partial charge is 0.495 e. The van der Waals surface area contributed by atoms with E-state index in [1.807, 2.05) is 11.9 Å². The molecule has 4 aromatic rings. The average Bonchev–Trinajstić information content (AvgIpc) is 3.43. The summed E-state index contributed by atoms with van der Waals surface area (Å²) in [5, 5.41) is 11.1. The lowest BCUT2D eigenvalue weighted by Gasteiger charge is -2.34. The second-order valence-corrected chi connectivity index (χ2v) is 9.50. The Kier molecular flexibility index (Phi) is 7.75. The summed E-state index contributed by atoms with van der Waals surface area (Å²) >= 11 is 0. The van der Waals surface area contributed by atoms with Gasteiger partial charge in [0.1, 0.15) is 17.2 Å². The number of alkyl halides is 3. The van der Waals surface area contributed by atoms with Crippen LogP contribution in [0.3, 0.4) is 0 Å². The minimum Gasteiger partial charge on any atom is -0.495 e. The Morgan fingerprint density at radius 3 is 2.51 bits per heavy atom. The van der Waals surface area contributed by atoms with Crippen molar-refractivity contribution in [2.24, 2.45) is 0 Å². The van der Waals surface area contributed by atoms with Crippen molar-refractivity contribution in [3.63, 3.8) is 0 Å². The van der Waals surface area contributed by atoms with Gasteiger partial charge in [0.15, 0.2) is 0 Å². The number of carbonyl (C=O) groups is 1. The number of hydrogen-bond donors (Lipinski definition) is 1. The largest absolute Gasteiger partial charge is 0.573 e. The number of halogens is 3. The fraction of sp³-hybridized carbons (Fsp3) is 0.296. The van der Waals surface area contributed by atoms with E-state index in [0.29, 0.717) is 47.2 Å². The van der Waals surface area contributed by atoms with Crippen molar-refractivity contribution in [2.45, 2.75) is 13.3 Å². The summed E-state index contributed by atoms with van der Waals surface area (Å²) < 4.78 is 50.1. The number of anilines is 2. The molecular weight excluding hydrogens is 541 g/mol. The number of amides is 1. The van der Waals surface area contributed by atoms with Crippen LogP contribution in [0, 0.1) is 6.92 Å². The first-order valence-electron chi connectivity index (χ1n) is 12.6. The Labute approximate surface area is 233 Å². The third-order valence-corrected chi connectivity index (χ3v) is 6.56. The maximum atomic E-state index is 13.2. The summed E-state index contributed by atoms with van der Waals surface area (Å²) in [5.74, 6) is -0.423. The van der Waals surface area contributed by atoms with Crippen LogP contribution in [0.15, 0.2) is 55.1 Å². The van der Waals surface area contributed by atoms with Crippen LogP contribution < -0.4 is 19.7 Å². The van der Waals surface area contributed by atoms with Crippen LogP contribution in [0.2, 0.25) is 0 Å². The summed E-state index contributed by atoms with van der Waals surface area (Å²) in [6.45, 7) is 4.50. The highest BCUT2D eigenvalue weighted by Gasteiger charge is 2.32. The van der Waals surface area contributed by atoms with E-state index >= 15 is 0 Å². The van der Waals surface area contributed by atoms with Crippen LogP contribution in [0.1, 0.15) is 16.1 Å². The molecule has 0 bridgehead atoms.